The Morgan fingerprint density at radius 2 is 1.93 bits per heavy atom. The summed E-state index contributed by atoms with van der Waals surface area (Å²) < 4.78 is 32.4. The molecule has 1 aromatic heterocycles. The second-order valence-corrected chi connectivity index (χ2v) is 9.56. The van der Waals surface area contributed by atoms with Crippen LogP contribution in [-0.2, 0) is 21.2 Å². The second kappa shape index (κ2) is 8.16. The number of hydrogen-bond donors (Lipinski definition) is 1. The van der Waals surface area contributed by atoms with E-state index in [-0.39, 0.29) is 24.1 Å². The van der Waals surface area contributed by atoms with Gasteiger partial charge in [0, 0.05) is 30.1 Å². The van der Waals surface area contributed by atoms with Gasteiger partial charge in [0.05, 0.1) is 18.4 Å². The van der Waals surface area contributed by atoms with E-state index in [1.54, 1.807) is 6.26 Å². The summed E-state index contributed by atoms with van der Waals surface area (Å²) in [5.41, 5.74) is 1.68. The molecule has 1 fully saturated rings. The zero-order valence-electron chi connectivity index (χ0n) is 16.6. The third kappa shape index (κ3) is 4.31. The van der Waals surface area contributed by atoms with Crippen molar-refractivity contribution in [1.82, 2.24) is 9.62 Å². The third-order valence-corrected chi connectivity index (χ3v) is 7.19. The van der Waals surface area contributed by atoms with Crippen molar-refractivity contribution in [3.8, 4) is 0 Å². The van der Waals surface area contributed by atoms with E-state index < -0.39 is 10.0 Å². The van der Waals surface area contributed by atoms with E-state index in [0.717, 1.165) is 27.3 Å². The van der Waals surface area contributed by atoms with E-state index in [1.807, 2.05) is 36.1 Å². The lowest BCUT2D eigenvalue weighted by molar-refractivity contribution is -0.131. The molecule has 0 atom stereocenters. The quantitative estimate of drug-likeness (QED) is 0.670. The number of hydrogen-bond acceptors (Lipinski definition) is 4. The zero-order chi connectivity index (χ0) is 20.4. The Labute approximate surface area is 170 Å². The van der Waals surface area contributed by atoms with Gasteiger partial charge in [-0.05, 0) is 36.1 Å². The molecule has 2 aromatic carbocycles. The van der Waals surface area contributed by atoms with Crippen molar-refractivity contribution >= 4 is 37.7 Å². The van der Waals surface area contributed by atoms with E-state index in [1.165, 1.54) is 0 Å². The van der Waals surface area contributed by atoms with Crippen LogP contribution in [0.2, 0.25) is 0 Å². The summed E-state index contributed by atoms with van der Waals surface area (Å²) in [6.45, 7) is 2.98. The van der Waals surface area contributed by atoms with Crippen molar-refractivity contribution in [2.75, 3.05) is 18.8 Å². The minimum Gasteiger partial charge on any atom is -0.464 e. The van der Waals surface area contributed by atoms with Crippen LogP contribution >= 0.6 is 0 Å². The summed E-state index contributed by atoms with van der Waals surface area (Å²) in [7, 11) is -3.22. The van der Waals surface area contributed by atoms with Gasteiger partial charge < -0.3 is 9.32 Å². The van der Waals surface area contributed by atoms with Crippen molar-refractivity contribution in [2.24, 2.45) is 0 Å². The first-order valence-electron chi connectivity index (χ1n) is 10.1. The molecule has 7 heteroatoms. The Bertz CT molecular complexity index is 1130. The average Bonchev–Trinajstić information content (AvgIpc) is 3.11. The highest BCUT2D eigenvalue weighted by Crippen LogP contribution is 2.30. The zero-order valence-corrected chi connectivity index (χ0v) is 17.4. The van der Waals surface area contributed by atoms with Crippen LogP contribution in [0.25, 0.3) is 21.7 Å². The van der Waals surface area contributed by atoms with Crippen LogP contribution < -0.4 is 4.72 Å². The summed E-state index contributed by atoms with van der Waals surface area (Å²) in [6, 6.07) is 12.0. The Morgan fingerprint density at radius 1 is 1.17 bits per heavy atom. The van der Waals surface area contributed by atoms with Crippen LogP contribution in [0.15, 0.2) is 47.1 Å². The molecule has 1 aliphatic heterocycles. The molecule has 0 bridgehead atoms. The third-order valence-electron chi connectivity index (χ3n) is 5.55. The van der Waals surface area contributed by atoms with Gasteiger partial charge in [-0.2, -0.15) is 0 Å². The van der Waals surface area contributed by atoms with Crippen LogP contribution in [0.1, 0.15) is 31.7 Å². The number of amides is 1. The maximum absolute atomic E-state index is 12.9. The first kappa shape index (κ1) is 19.9. The molecule has 1 amide bonds. The lowest BCUT2D eigenvalue weighted by Crippen LogP contribution is -2.47. The molecule has 6 nitrogen and oxygen atoms in total. The molecule has 0 saturated carbocycles. The predicted molar refractivity (Wildman–Crippen MR) is 114 cm³/mol. The summed E-state index contributed by atoms with van der Waals surface area (Å²) in [5, 5.41) is 3.21. The highest BCUT2D eigenvalue weighted by atomic mass is 32.2. The molecule has 1 saturated heterocycles. The highest BCUT2D eigenvalue weighted by Gasteiger charge is 2.26. The summed E-state index contributed by atoms with van der Waals surface area (Å²) in [6.07, 6.45) is 3.85. The Balaban J connectivity index is 1.44. The summed E-state index contributed by atoms with van der Waals surface area (Å²) in [5.74, 6) is 0.198. The molecule has 0 spiro atoms. The molecule has 29 heavy (non-hydrogen) atoms. The highest BCUT2D eigenvalue weighted by molar-refractivity contribution is 7.89. The number of rotatable bonds is 6. The van der Waals surface area contributed by atoms with Crippen molar-refractivity contribution in [3.63, 3.8) is 0 Å². The lowest BCUT2D eigenvalue weighted by Gasteiger charge is -2.32. The van der Waals surface area contributed by atoms with Gasteiger partial charge in [-0.3, -0.25) is 4.79 Å². The van der Waals surface area contributed by atoms with Crippen molar-refractivity contribution < 1.29 is 17.6 Å². The van der Waals surface area contributed by atoms with Crippen molar-refractivity contribution in [1.29, 1.82) is 0 Å². The fourth-order valence-corrected chi connectivity index (χ4v) is 5.51. The van der Waals surface area contributed by atoms with Crippen molar-refractivity contribution in [2.45, 2.75) is 38.6 Å². The average molecular weight is 415 g/mol. The van der Waals surface area contributed by atoms with Gasteiger partial charge in [0.2, 0.25) is 15.9 Å². The number of sulfonamides is 1. The number of fused-ring (bicyclic) bond motifs is 3. The van der Waals surface area contributed by atoms with Crippen LogP contribution in [0.5, 0.6) is 0 Å². The van der Waals surface area contributed by atoms with Crippen LogP contribution in [-0.4, -0.2) is 44.1 Å². The van der Waals surface area contributed by atoms with E-state index in [4.69, 9.17) is 4.42 Å². The molecule has 1 N–H and O–H groups in total. The van der Waals surface area contributed by atoms with E-state index in [2.05, 4.69) is 16.9 Å². The molecule has 1 aliphatic rings. The standard InChI is InChI=1S/C22H26N2O4S/c1-2-13-29(26,27)23-18-9-11-24(12-10-18)21(25)14-17-15-28-20-8-7-16-5-3-4-6-19(16)22(17)20/h3-8,15,18,23H,2,9-14H2,1H3. The Morgan fingerprint density at radius 3 is 2.69 bits per heavy atom. The lowest BCUT2D eigenvalue weighted by atomic mass is 10.0. The van der Waals surface area contributed by atoms with E-state index in [0.29, 0.717) is 32.4 Å². The molecule has 3 aromatic rings. The van der Waals surface area contributed by atoms with Gasteiger partial charge in [-0.25, -0.2) is 13.1 Å². The number of furan rings is 1. The number of nitrogens with zero attached hydrogens (tertiary/aromatic N) is 1. The molecule has 2 heterocycles. The van der Waals surface area contributed by atoms with Gasteiger partial charge in [0.15, 0.2) is 0 Å². The SMILES string of the molecule is CCCS(=O)(=O)NC1CCN(C(=O)Cc2coc3ccc4ccccc4c23)CC1. The van der Waals surface area contributed by atoms with Gasteiger partial charge in [-0.15, -0.1) is 0 Å². The number of nitrogens with one attached hydrogen (secondary N) is 1. The van der Waals surface area contributed by atoms with Gasteiger partial charge >= 0.3 is 0 Å². The molecule has 4 rings (SSSR count). The predicted octanol–water partition coefficient (Wildman–Crippen LogP) is 3.45. The molecular weight excluding hydrogens is 388 g/mol. The topological polar surface area (TPSA) is 79.6 Å². The number of carbonyl (C=O) groups is 1. The first-order chi connectivity index (χ1) is 14.0. The monoisotopic (exact) mass is 414 g/mol. The minimum absolute atomic E-state index is 0.0514. The van der Waals surface area contributed by atoms with Gasteiger partial charge in [-0.1, -0.05) is 37.3 Å². The number of benzene rings is 2. The number of likely N-dealkylation sites (tertiary alicyclic amines) is 1. The maximum atomic E-state index is 12.9. The maximum Gasteiger partial charge on any atom is 0.227 e. The summed E-state index contributed by atoms with van der Waals surface area (Å²) in [4.78, 5) is 14.7. The number of piperidine rings is 1. The van der Waals surface area contributed by atoms with Crippen LogP contribution in [0.3, 0.4) is 0 Å². The fourth-order valence-electron chi connectivity index (χ4n) is 4.11. The van der Waals surface area contributed by atoms with E-state index >= 15 is 0 Å². The normalized spacial score (nSPS) is 16.0. The van der Waals surface area contributed by atoms with Gasteiger partial charge in [0.25, 0.3) is 0 Å². The Hall–Kier alpha value is -2.38. The smallest absolute Gasteiger partial charge is 0.227 e. The first-order valence-corrected chi connectivity index (χ1v) is 11.8. The van der Waals surface area contributed by atoms with E-state index in [9.17, 15) is 13.2 Å². The molecular formula is C22H26N2O4S. The van der Waals surface area contributed by atoms with Crippen molar-refractivity contribution in [3.05, 3.63) is 48.2 Å². The Kier molecular flexibility index (Phi) is 5.61. The van der Waals surface area contributed by atoms with Crippen LogP contribution in [0, 0.1) is 0 Å². The molecule has 0 radical (unpaired) electrons. The number of carbonyl (C=O) groups excluding carboxylic acids is 1. The largest absolute Gasteiger partial charge is 0.464 e. The molecule has 0 aliphatic carbocycles. The molecule has 154 valence electrons. The fraction of sp³-hybridized carbons (Fsp3) is 0.409. The minimum atomic E-state index is -3.22. The second-order valence-electron chi connectivity index (χ2n) is 7.69. The molecule has 0 unspecified atom stereocenters. The summed E-state index contributed by atoms with van der Waals surface area (Å²) >= 11 is 0. The van der Waals surface area contributed by atoms with Crippen LogP contribution in [0.4, 0.5) is 0 Å². The van der Waals surface area contributed by atoms with Gasteiger partial charge in [0.1, 0.15) is 5.58 Å².